The van der Waals surface area contributed by atoms with Crippen molar-refractivity contribution in [1.29, 1.82) is 0 Å². The number of halogens is 2. The Morgan fingerprint density at radius 1 is 1.47 bits per heavy atom. The first-order valence-corrected chi connectivity index (χ1v) is 5.30. The van der Waals surface area contributed by atoms with E-state index >= 15 is 0 Å². The molecular formula is C10H8FIO3. The van der Waals surface area contributed by atoms with Crippen molar-refractivity contribution in [2.75, 3.05) is 6.61 Å². The third kappa shape index (κ3) is 2.98. The van der Waals surface area contributed by atoms with Crippen LogP contribution in [0.5, 0.6) is 0 Å². The number of Topliss-reactive ketones (excluding diaryl/α,β-unsaturated/α-hetero) is 1. The van der Waals surface area contributed by atoms with Crippen LogP contribution in [0, 0.1) is 9.39 Å². The van der Waals surface area contributed by atoms with E-state index in [9.17, 15) is 14.0 Å². The number of benzene rings is 1. The quantitative estimate of drug-likeness (QED) is 0.371. The molecule has 1 aromatic rings. The third-order valence-corrected chi connectivity index (χ3v) is 2.31. The second-order valence-electron chi connectivity index (χ2n) is 2.67. The van der Waals surface area contributed by atoms with E-state index in [0.29, 0.717) is 3.57 Å². The molecule has 0 fully saturated rings. The lowest BCUT2D eigenvalue weighted by Gasteiger charge is -2.02. The molecule has 0 aliphatic heterocycles. The minimum Gasteiger partial charge on any atom is -0.460 e. The Kier molecular flexibility index (Phi) is 4.19. The van der Waals surface area contributed by atoms with Gasteiger partial charge in [-0.15, -0.1) is 0 Å². The highest BCUT2D eigenvalue weighted by Crippen LogP contribution is 2.13. The van der Waals surface area contributed by atoms with Crippen LogP contribution in [0.2, 0.25) is 0 Å². The van der Waals surface area contributed by atoms with Crippen LogP contribution in [0.25, 0.3) is 0 Å². The molecule has 0 N–H and O–H groups in total. The van der Waals surface area contributed by atoms with Crippen molar-refractivity contribution < 1.29 is 18.7 Å². The second-order valence-corrected chi connectivity index (χ2v) is 3.92. The van der Waals surface area contributed by atoms with E-state index in [2.05, 4.69) is 4.74 Å². The van der Waals surface area contributed by atoms with Crippen molar-refractivity contribution in [2.24, 2.45) is 0 Å². The van der Waals surface area contributed by atoms with E-state index in [1.54, 1.807) is 13.0 Å². The molecule has 0 heterocycles. The zero-order valence-electron chi connectivity index (χ0n) is 7.92. The molecule has 0 saturated heterocycles. The Morgan fingerprint density at radius 3 is 2.67 bits per heavy atom. The van der Waals surface area contributed by atoms with Crippen molar-refractivity contribution in [1.82, 2.24) is 0 Å². The first-order chi connectivity index (χ1) is 7.06. The average molecular weight is 322 g/mol. The van der Waals surface area contributed by atoms with Gasteiger partial charge in [0.25, 0.3) is 5.78 Å². The van der Waals surface area contributed by atoms with Crippen molar-refractivity contribution in [3.63, 3.8) is 0 Å². The van der Waals surface area contributed by atoms with Gasteiger partial charge in [-0.2, -0.15) is 0 Å². The number of esters is 1. The van der Waals surface area contributed by atoms with Gasteiger partial charge in [-0.3, -0.25) is 4.79 Å². The number of ketones is 1. The molecule has 0 radical (unpaired) electrons. The lowest BCUT2D eigenvalue weighted by atomic mass is 10.1. The smallest absolute Gasteiger partial charge is 0.379 e. The molecule has 0 aliphatic rings. The zero-order valence-corrected chi connectivity index (χ0v) is 10.1. The largest absolute Gasteiger partial charge is 0.460 e. The zero-order chi connectivity index (χ0) is 11.4. The summed E-state index contributed by atoms with van der Waals surface area (Å²) in [6, 6.07) is 4.01. The fourth-order valence-electron chi connectivity index (χ4n) is 0.980. The van der Waals surface area contributed by atoms with Crippen LogP contribution in [0.1, 0.15) is 17.3 Å². The molecule has 0 aromatic heterocycles. The molecule has 0 bridgehead atoms. The predicted octanol–water partition coefficient (Wildman–Crippen LogP) is 2.18. The standard InChI is InChI=1S/C10H8FIO3/c1-2-15-10(14)9(13)7-4-3-6(12)5-8(7)11/h3-5H,2H2,1H3. The summed E-state index contributed by atoms with van der Waals surface area (Å²) in [4.78, 5) is 22.4. The number of carbonyl (C=O) groups excluding carboxylic acids is 2. The minimum atomic E-state index is -1.03. The third-order valence-electron chi connectivity index (χ3n) is 1.64. The van der Waals surface area contributed by atoms with Gasteiger partial charge in [0, 0.05) is 3.57 Å². The van der Waals surface area contributed by atoms with E-state index in [4.69, 9.17) is 0 Å². The summed E-state index contributed by atoms with van der Waals surface area (Å²) in [7, 11) is 0. The molecule has 0 amide bonds. The average Bonchev–Trinajstić information content (AvgIpc) is 2.17. The SMILES string of the molecule is CCOC(=O)C(=O)c1ccc(I)cc1F. The Balaban J connectivity index is 2.96. The number of hydrogen-bond acceptors (Lipinski definition) is 3. The van der Waals surface area contributed by atoms with Gasteiger partial charge < -0.3 is 4.74 Å². The van der Waals surface area contributed by atoms with Gasteiger partial charge >= 0.3 is 5.97 Å². The normalized spacial score (nSPS) is 9.80. The first-order valence-electron chi connectivity index (χ1n) is 4.22. The molecular weight excluding hydrogens is 314 g/mol. The van der Waals surface area contributed by atoms with Crippen LogP contribution in [0.3, 0.4) is 0 Å². The van der Waals surface area contributed by atoms with E-state index in [-0.39, 0.29) is 12.2 Å². The van der Waals surface area contributed by atoms with Gasteiger partial charge in [0.15, 0.2) is 0 Å². The summed E-state index contributed by atoms with van der Waals surface area (Å²) in [6.07, 6.45) is 0. The van der Waals surface area contributed by atoms with Crippen molar-refractivity contribution in [3.8, 4) is 0 Å². The summed E-state index contributed by atoms with van der Waals surface area (Å²) in [5.74, 6) is -2.69. The highest BCUT2D eigenvalue weighted by atomic mass is 127. The van der Waals surface area contributed by atoms with Gasteiger partial charge in [0.05, 0.1) is 12.2 Å². The van der Waals surface area contributed by atoms with Gasteiger partial charge in [-0.25, -0.2) is 9.18 Å². The Morgan fingerprint density at radius 2 is 2.13 bits per heavy atom. The highest BCUT2D eigenvalue weighted by Gasteiger charge is 2.20. The summed E-state index contributed by atoms with van der Waals surface area (Å²) in [6.45, 7) is 1.67. The molecule has 0 atom stereocenters. The summed E-state index contributed by atoms with van der Waals surface area (Å²) in [5.41, 5.74) is -0.256. The van der Waals surface area contributed by atoms with Crippen LogP contribution < -0.4 is 0 Å². The fourth-order valence-corrected chi connectivity index (χ4v) is 1.43. The number of hydrogen-bond donors (Lipinski definition) is 0. The Hall–Kier alpha value is -0.980. The van der Waals surface area contributed by atoms with Crippen LogP contribution >= 0.6 is 22.6 Å². The maximum atomic E-state index is 13.3. The highest BCUT2D eigenvalue weighted by molar-refractivity contribution is 14.1. The van der Waals surface area contributed by atoms with E-state index in [0.717, 1.165) is 0 Å². The van der Waals surface area contributed by atoms with Crippen LogP contribution in [-0.4, -0.2) is 18.4 Å². The van der Waals surface area contributed by atoms with Crippen LogP contribution in [0.4, 0.5) is 4.39 Å². The molecule has 15 heavy (non-hydrogen) atoms. The summed E-state index contributed by atoms with van der Waals surface area (Å²) >= 11 is 1.91. The predicted molar refractivity (Wildman–Crippen MR) is 60.1 cm³/mol. The van der Waals surface area contributed by atoms with Gasteiger partial charge in [-0.05, 0) is 47.7 Å². The molecule has 1 aromatic carbocycles. The lowest BCUT2D eigenvalue weighted by Crippen LogP contribution is -2.18. The number of rotatable bonds is 3. The van der Waals surface area contributed by atoms with Crippen LogP contribution in [-0.2, 0) is 9.53 Å². The molecule has 5 heteroatoms. The van der Waals surface area contributed by atoms with Crippen molar-refractivity contribution in [3.05, 3.63) is 33.1 Å². The summed E-state index contributed by atoms with van der Waals surface area (Å²) in [5, 5.41) is 0. The first kappa shape index (κ1) is 12.1. The van der Waals surface area contributed by atoms with Crippen molar-refractivity contribution >= 4 is 34.3 Å². The molecule has 1 rings (SSSR count). The fraction of sp³-hybridized carbons (Fsp3) is 0.200. The molecule has 0 spiro atoms. The van der Waals surface area contributed by atoms with Gasteiger partial charge in [0.2, 0.25) is 0 Å². The van der Waals surface area contributed by atoms with Crippen LogP contribution in [0.15, 0.2) is 18.2 Å². The Labute approximate surface area is 99.8 Å². The molecule has 0 aliphatic carbocycles. The molecule has 0 unspecified atom stereocenters. The molecule has 3 nitrogen and oxygen atoms in total. The van der Waals surface area contributed by atoms with Gasteiger partial charge in [0.1, 0.15) is 5.82 Å². The lowest BCUT2D eigenvalue weighted by molar-refractivity contribution is -0.137. The minimum absolute atomic E-state index is 0.0938. The van der Waals surface area contributed by atoms with E-state index in [1.165, 1.54) is 12.1 Å². The number of ether oxygens (including phenoxy) is 1. The van der Waals surface area contributed by atoms with Crippen molar-refractivity contribution in [2.45, 2.75) is 6.92 Å². The van der Waals surface area contributed by atoms with Gasteiger partial charge in [-0.1, -0.05) is 0 Å². The maximum Gasteiger partial charge on any atom is 0.379 e. The van der Waals surface area contributed by atoms with E-state index in [1.807, 2.05) is 22.6 Å². The topological polar surface area (TPSA) is 43.4 Å². The monoisotopic (exact) mass is 322 g/mol. The van der Waals surface area contributed by atoms with E-state index < -0.39 is 17.6 Å². The Bertz CT molecular complexity index is 404. The molecule has 0 saturated carbocycles. The molecule has 80 valence electrons. The second kappa shape index (κ2) is 5.20. The summed E-state index contributed by atoms with van der Waals surface area (Å²) < 4.78 is 18.4. The maximum absolute atomic E-state index is 13.3. The number of carbonyl (C=O) groups is 2.